The Labute approximate surface area is 251 Å². The standard InChI is InChI=1S/C41H30N2/c1-42(35-14-10-13-32(28-35)33-22-21-29-11-2-3-12-31(29)27-33)34-25-23-30(24-26-34)36-15-4-7-18-39(36)43-40-19-8-5-16-37(40)38-17-6-9-20-41(38)43/h2-28H,1H3. The molecule has 0 N–H and O–H groups in total. The molecule has 0 aliphatic rings. The summed E-state index contributed by atoms with van der Waals surface area (Å²) in [5.74, 6) is 0. The summed E-state index contributed by atoms with van der Waals surface area (Å²) in [5, 5.41) is 5.07. The van der Waals surface area contributed by atoms with Crippen molar-refractivity contribution in [3.63, 3.8) is 0 Å². The van der Waals surface area contributed by atoms with Crippen molar-refractivity contribution in [3.8, 4) is 27.9 Å². The molecule has 0 bridgehead atoms. The van der Waals surface area contributed by atoms with Crippen LogP contribution < -0.4 is 4.90 Å². The van der Waals surface area contributed by atoms with Crippen molar-refractivity contribution in [1.82, 2.24) is 4.57 Å². The molecule has 2 nitrogen and oxygen atoms in total. The van der Waals surface area contributed by atoms with Gasteiger partial charge in [0.2, 0.25) is 0 Å². The van der Waals surface area contributed by atoms with Crippen molar-refractivity contribution in [2.24, 2.45) is 0 Å². The van der Waals surface area contributed by atoms with Crippen LogP contribution in [0.25, 0.3) is 60.5 Å². The van der Waals surface area contributed by atoms with Gasteiger partial charge in [0.25, 0.3) is 0 Å². The molecule has 8 aromatic rings. The van der Waals surface area contributed by atoms with E-state index in [1.54, 1.807) is 0 Å². The minimum absolute atomic E-state index is 1.15. The number of hydrogen-bond acceptors (Lipinski definition) is 1. The van der Waals surface area contributed by atoms with Crippen LogP contribution in [0.5, 0.6) is 0 Å². The van der Waals surface area contributed by atoms with E-state index in [0.717, 1.165) is 11.4 Å². The van der Waals surface area contributed by atoms with Gasteiger partial charge in [-0.1, -0.05) is 115 Å². The first-order valence-corrected chi connectivity index (χ1v) is 14.8. The summed E-state index contributed by atoms with van der Waals surface area (Å²) in [7, 11) is 2.14. The molecule has 0 saturated carbocycles. The highest BCUT2D eigenvalue weighted by Gasteiger charge is 2.15. The minimum Gasteiger partial charge on any atom is -0.345 e. The fourth-order valence-corrected chi connectivity index (χ4v) is 6.37. The van der Waals surface area contributed by atoms with Crippen LogP contribution in [-0.2, 0) is 0 Å². The van der Waals surface area contributed by atoms with Gasteiger partial charge in [-0.15, -0.1) is 0 Å². The van der Waals surface area contributed by atoms with Crippen molar-refractivity contribution < 1.29 is 0 Å². The van der Waals surface area contributed by atoms with Gasteiger partial charge in [-0.3, -0.25) is 0 Å². The maximum atomic E-state index is 2.40. The van der Waals surface area contributed by atoms with Crippen LogP contribution in [0, 0.1) is 0 Å². The third kappa shape index (κ3) is 4.36. The van der Waals surface area contributed by atoms with Gasteiger partial charge in [0.05, 0.1) is 16.7 Å². The summed E-state index contributed by atoms with van der Waals surface area (Å²) < 4.78 is 2.40. The van der Waals surface area contributed by atoms with Gasteiger partial charge in [-0.25, -0.2) is 0 Å². The van der Waals surface area contributed by atoms with Crippen molar-refractivity contribution >= 4 is 44.0 Å². The van der Waals surface area contributed by atoms with Crippen LogP contribution in [0.4, 0.5) is 11.4 Å². The van der Waals surface area contributed by atoms with E-state index in [1.807, 2.05) is 0 Å². The van der Waals surface area contributed by atoms with E-state index >= 15 is 0 Å². The molecule has 1 heterocycles. The summed E-state index contributed by atoms with van der Waals surface area (Å²) in [6.45, 7) is 0. The fraction of sp³-hybridized carbons (Fsp3) is 0.0244. The number of rotatable bonds is 5. The largest absolute Gasteiger partial charge is 0.345 e. The Hall–Kier alpha value is -5.60. The number of anilines is 2. The molecule has 43 heavy (non-hydrogen) atoms. The van der Waals surface area contributed by atoms with Crippen molar-refractivity contribution in [1.29, 1.82) is 0 Å². The molecule has 2 heteroatoms. The van der Waals surface area contributed by atoms with Gasteiger partial charge in [0.1, 0.15) is 0 Å². The third-order valence-corrected chi connectivity index (χ3v) is 8.61. The van der Waals surface area contributed by atoms with Crippen LogP contribution in [0.3, 0.4) is 0 Å². The Morgan fingerprint density at radius 3 is 1.79 bits per heavy atom. The van der Waals surface area contributed by atoms with Gasteiger partial charge in [-0.05, 0) is 76.0 Å². The molecule has 0 aliphatic carbocycles. The summed E-state index contributed by atoms with van der Waals surface area (Å²) in [6.07, 6.45) is 0. The highest BCUT2D eigenvalue weighted by molar-refractivity contribution is 6.09. The number of benzene rings is 7. The zero-order chi connectivity index (χ0) is 28.8. The van der Waals surface area contributed by atoms with E-state index in [9.17, 15) is 0 Å². The Morgan fingerprint density at radius 2 is 1.02 bits per heavy atom. The average molecular weight is 551 g/mol. The lowest BCUT2D eigenvalue weighted by atomic mass is 10.0. The predicted molar refractivity (Wildman–Crippen MR) is 184 cm³/mol. The second-order valence-corrected chi connectivity index (χ2v) is 11.1. The summed E-state index contributed by atoms with van der Waals surface area (Å²) in [4.78, 5) is 2.26. The van der Waals surface area contributed by atoms with Crippen molar-refractivity contribution in [2.45, 2.75) is 0 Å². The van der Waals surface area contributed by atoms with Crippen molar-refractivity contribution in [2.75, 3.05) is 11.9 Å². The van der Waals surface area contributed by atoms with Crippen LogP contribution in [0.1, 0.15) is 0 Å². The molecule has 0 fully saturated rings. The Bertz CT molecular complexity index is 2200. The molecular weight excluding hydrogens is 520 g/mol. The molecule has 0 aliphatic heterocycles. The molecule has 7 aromatic carbocycles. The maximum Gasteiger partial charge on any atom is 0.0541 e. The average Bonchev–Trinajstić information content (AvgIpc) is 3.42. The fourth-order valence-electron chi connectivity index (χ4n) is 6.37. The van der Waals surface area contributed by atoms with E-state index in [1.165, 1.54) is 60.5 Å². The van der Waals surface area contributed by atoms with E-state index in [-0.39, 0.29) is 0 Å². The van der Waals surface area contributed by atoms with Crippen molar-refractivity contribution in [3.05, 3.63) is 164 Å². The molecule has 1 aromatic heterocycles. The zero-order valence-electron chi connectivity index (χ0n) is 24.0. The smallest absolute Gasteiger partial charge is 0.0541 e. The Balaban J connectivity index is 1.15. The number of fused-ring (bicyclic) bond motifs is 4. The number of nitrogens with zero attached hydrogens (tertiary/aromatic N) is 2. The second-order valence-electron chi connectivity index (χ2n) is 11.1. The second kappa shape index (κ2) is 10.3. The summed E-state index contributed by atoms with van der Waals surface area (Å²) >= 11 is 0. The summed E-state index contributed by atoms with van der Waals surface area (Å²) in [5.41, 5.74) is 10.8. The first-order valence-electron chi connectivity index (χ1n) is 14.8. The van der Waals surface area contributed by atoms with Gasteiger partial charge in [-0.2, -0.15) is 0 Å². The van der Waals surface area contributed by atoms with Crippen LogP contribution >= 0.6 is 0 Å². The number of aromatic nitrogens is 1. The van der Waals surface area contributed by atoms with E-state index in [0.29, 0.717) is 0 Å². The van der Waals surface area contributed by atoms with E-state index in [4.69, 9.17) is 0 Å². The van der Waals surface area contributed by atoms with Gasteiger partial charge < -0.3 is 9.47 Å². The highest BCUT2D eigenvalue weighted by Crippen LogP contribution is 2.37. The van der Waals surface area contributed by atoms with E-state index < -0.39 is 0 Å². The SMILES string of the molecule is CN(c1ccc(-c2ccccc2-n2c3ccccc3c3ccccc32)cc1)c1cccc(-c2ccc3ccccc3c2)c1. The normalized spacial score (nSPS) is 11.4. The summed E-state index contributed by atoms with van der Waals surface area (Å²) in [6, 6.07) is 59.0. The molecule has 204 valence electrons. The van der Waals surface area contributed by atoms with Crippen LogP contribution in [0.15, 0.2) is 164 Å². The Kier molecular flexibility index (Phi) is 6.05. The topological polar surface area (TPSA) is 8.17 Å². The zero-order valence-corrected chi connectivity index (χ0v) is 24.0. The first-order chi connectivity index (χ1) is 21.2. The Morgan fingerprint density at radius 1 is 0.419 bits per heavy atom. The quantitative estimate of drug-likeness (QED) is 0.207. The lowest BCUT2D eigenvalue weighted by Crippen LogP contribution is -2.09. The maximum absolute atomic E-state index is 2.40. The third-order valence-electron chi connectivity index (χ3n) is 8.61. The van der Waals surface area contributed by atoms with Gasteiger partial charge in [0.15, 0.2) is 0 Å². The molecule has 0 amide bonds. The minimum atomic E-state index is 1.15. The first kappa shape index (κ1) is 25.1. The lowest BCUT2D eigenvalue weighted by molar-refractivity contribution is 1.18. The van der Waals surface area contributed by atoms with Gasteiger partial charge in [0, 0.05) is 34.8 Å². The molecule has 8 rings (SSSR count). The molecule has 0 unspecified atom stereocenters. The number of hydrogen-bond donors (Lipinski definition) is 0. The van der Waals surface area contributed by atoms with E-state index in [2.05, 4.69) is 180 Å². The molecule has 0 spiro atoms. The van der Waals surface area contributed by atoms with Crippen LogP contribution in [0.2, 0.25) is 0 Å². The molecule has 0 saturated heterocycles. The molecular formula is C41H30N2. The van der Waals surface area contributed by atoms with Gasteiger partial charge >= 0.3 is 0 Å². The van der Waals surface area contributed by atoms with Crippen LogP contribution in [-0.4, -0.2) is 11.6 Å². The predicted octanol–water partition coefficient (Wildman–Crippen LogP) is 11.0. The molecule has 0 radical (unpaired) electrons. The molecule has 0 atom stereocenters. The highest BCUT2D eigenvalue weighted by atomic mass is 15.1. The monoisotopic (exact) mass is 550 g/mol. The lowest BCUT2D eigenvalue weighted by Gasteiger charge is -2.21. The number of para-hydroxylation sites is 3.